The van der Waals surface area contributed by atoms with Gasteiger partial charge in [0, 0.05) is 0 Å². The molecule has 5 nitrogen and oxygen atoms in total. The average molecular weight is 402 g/mol. The van der Waals surface area contributed by atoms with E-state index in [1.807, 2.05) is 0 Å². The molecule has 0 saturated carbocycles. The number of allylic oxidation sites excluding steroid dienone is 1. The molecule has 0 aliphatic carbocycles. The molecule has 0 N–H and O–H groups in total. The minimum Gasteiger partial charge on any atom is -0.493 e. The summed E-state index contributed by atoms with van der Waals surface area (Å²) >= 11 is 0. The minimum atomic E-state index is -2.97. The molecule has 8 heteroatoms. The monoisotopic (exact) mass is 402 g/mol. The normalized spacial score (nSPS) is 11.2. The van der Waals surface area contributed by atoms with Crippen LogP contribution in [-0.2, 0) is 0 Å². The number of ketones is 1. The molecule has 0 bridgehead atoms. The van der Waals surface area contributed by atoms with Crippen molar-refractivity contribution in [3.05, 3.63) is 77.4 Å². The average Bonchev–Trinajstić information content (AvgIpc) is 3.08. The lowest BCUT2D eigenvalue weighted by Crippen LogP contribution is -2.03. The molecule has 3 aromatic rings. The third kappa shape index (κ3) is 4.66. The highest BCUT2D eigenvalue weighted by Gasteiger charge is 2.14. The Balaban J connectivity index is 1.80. The first-order chi connectivity index (χ1) is 13.9. The summed E-state index contributed by atoms with van der Waals surface area (Å²) in [6.07, 6.45) is 4.32. The molecule has 1 heterocycles. The molecule has 0 aliphatic heterocycles. The highest BCUT2D eigenvalue weighted by molar-refractivity contribution is 6.07. The summed E-state index contributed by atoms with van der Waals surface area (Å²) < 4.78 is 48.8. The van der Waals surface area contributed by atoms with Crippen molar-refractivity contribution in [2.24, 2.45) is 0 Å². The van der Waals surface area contributed by atoms with E-state index in [0.717, 1.165) is 0 Å². The summed E-state index contributed by atoms with van der Waals surface area (Å²) in [5, 5.41) is 4.19. The maximum atomic E-state index is 13.1. The molecule has 0 fully saturated rings. The highest BCUT2D eigenvalue weighted by Crippen LogP contribution is 2.30. The van der Waals surface area contributed by atoms with Crippen molar-refractivity contribution < 1.29 is 27.4 Å². The van der Waals surface area contributed by atoms with Crippen LogP contribution in [0.5, 0.6) is 11.5 Å². The van der Waals surface area contributed by atoms with E-state index < -0.39 is 6.61 Å². The van der Waals surface area contributed by atoms with Gasteiger partial charge in [-0.15, -0.1) is 0 Å². The number of ether oxygens (including phenoxy) is 2. The van der Waals surface area contributed by atoms with Gasteiger partial charge in [-0.3, -0.25) is 4.79 Å². The van der Waals surface area contributed by atoms with Crippen molar-refractivity contribution in [2.45, 2.75) is 13.5 Å². The minimum absolute atomic E-state index is 0.0950. The Kier molecular flexibility index (Phi) is 6.01. The Hall–Kier alpha value is -3.55. The first-order valence-corrected chi connectivity index (χ1v) is 8.55. The van der Waals surface area contributed by atoms with Crippen LogP contribution in [0.3, 0.4) is 0 Å². The molecule has 29 heavy (non-hydrogen) atoms. The topological polar surface area (TPSA) is 53.3 Å². The first kappa shape index (κ1) is 20.2. The van der Waals surface area contributed by atoms with Crippen LogP contribution in [0, 0.1) is 12.7 Å². The summed E-state index contributed by atoms with van der Waals surface area (Å²) in [6, 6.07) is 10.1. The Labute approximate surface area is 165 Å². The van der Waals surface area contributed by atoms with Gasteiger partial charge in [0.25, 0.3) is 0 Å². The van der Waals surface area contributed by atoms with E-state index in [-0.39, 0.29) is 23.1 Å². The molecule has 0 aliphatic rings. The fourth-order valence-electron chi connectivity index (χ4n) is 2.74. The molecule has 2 aromatic carbocycles. The van der Waals surface area contributed by atoms with Gasteiger partial charge in [-0.1, -0.05) is 12.1 Å². The van der Waals surface area contributed by atoms with Crippen LogP contribution in [0.1, 0.15) is 21.6 Å². The molecule has 0 amide bonds. The van der Waals surface area contributed by atoms with Crippen molar-refractivity contribution in [3.63, 3.8) is 0 Å². The van der Waals surface area contributed by atoms with Crippen LogP contribution in [0.2, 0.25) is 0 Å². The third-order valence-corrected chi connectivity index (χ3v) is 4.18. The molecule has 0 saturated heterocycles. The second-order valence-electron chi connectivity index (χ2n) is 6.02. The van der Waals surface area contributed by atoms with E-state index in [2.05, 4.69) is 9.84 Å². The fraction of sp³-hybridized carbons (Fsp3) is 0.143. The number of aromatic nitrogens is 2. The molecule has 0 radical (unpaired) electrons. The maximum Gasteiger partial charge on any atom is 0.387 e. The van der Waals surface area contributed by atoms with Crippen molar-refractivity contribution in [1.82, 2.24) is 9.78 Å². The van der Waals surface area contributed by atoms with Gasteiger partial charge in [-0.2, -0.15) is 13.9 Å². The van der Waals surface area contributed by atoms with E-state index in [1.165, 1.54) is 55.8 Å². The van der Waals surface area contributed by atoms with E-state index >= 15 is 0 Å². The fourth-order valence-corrected chi connectivity index (χ4v) is 2.74. The summed E-state index contributed by atoms with van der Waals surface area (Å²) in [5.74, 6) is -0.622. The third-order valence-electron chi connectivity index (χ3n) is 4.18. The second-order valence-corrected chi connectivity index (χ2v) is 6.02. The van der Waals surface area contributed by atoms with Crippen LogP contribution in [0.15, 0.2) is 54.7 Å². The van der Waals surface area contributed by atoms with Crippen molar-refractivity contribution in [3.8, 4) is 17.2 Å². The SMILES string of the molecule is COc1cc(/C=C/C(=O)c2cnn(-c3ccc(F)cc3)c2C)ccc1OC(F)F. The predicted molar refractivity (Wildman–Crippen MR) is 101 cm³/mol. The first-order valence-electron chi connectivity index (χ1n) is 8.55. The van der Waals surface area contributed by atoms with Gasteiger partial charge in [-0.05, 0) is 55.0 Å². The summed E-state index contributed by atoms with van der Waals surface area (Å²) in [4.78, 5) is 12.5. The largest absolute Gasteiger partial charge is 0.493 e. The number of hydrogen-bond donors (Lipinski definition) is 0. The number of nitrogens with zero attached hydrogens (tertiary/aromatic N) is 2. The van der Waals surface area contributed by atoms with Gasteiger partial charge in [0.1, 0.15) is 5.82 Å². The number of alkyl halides is 2. The van der Waals surface area contributed by atoms with Gasteiger partial charge in [0.15, 0.2) is 17.3 Å². The summed E-state index contributed by atoms with van der Waals surface area (Å²) in [7, 11) is 1.33. The van der Waals surface area contributed by atoms with E-state index in [1.54, 1.807) is 23.7 Å². The van der Waals surface area contributed by atoms with Crippen molar-refractivity contribution in [2.75, 3.05) is 7.11 Å². The molecule has 0 spiro atoms. The van der Waals surface area contributed by atoms with Gasteiger partial charge < -0.3 is 9.47 Å². The van der Waals surface area contributed by atoms with E-state index in [9.17, 15) is 18.0 Å². The smallest absolute Gasteiger partial charge is 0.387 e. The number of methoxy groups -OCH3 is 1. The Morgan fingerprint density at radius 2 is 1.86 bits per heavy atom. The van der Waals surface area contributed by atoms with E-state index in [4.69, 9.17) is 4.74 Å². The quantitative estimate of drug-likeness (QED) is 0.420. The number of benzene rings is 2. The van der Waals surface area contributed by atoms with Gasteiger partial charge in [0.2, 0.25) is 0 Å². The van der Waals surface area contributed by atoms with Gasteiger partial charge in [-0.25, -0.2) is 9.07 Å². The van der Waals surface area contributed by atoms with E-state index in [0.29, 0.717) is 22.5 Å². The van der Waals surface area contributed by atoms with Crippen molar-refractivity contribution >= 4 is 11.9 Å². The lowest BCUT2D eigenvalue weighted by molar-refractivity contribution is -0.0512. The molecule has 3 rings (SSSR count). The molecular formula is C21H17F3N2O3. The Bertz CT molecular complexity index is 1040. The van der Waals surface area contributed by atoms with Gasteiger partial charge in [0.05, 0.1) is 30.3 Å². The molecular weight excluding hydrogens is 385 g/mol. The summed E-state index contributed by atoms with van der Waals surface area (Å²) in [6.45, 7) is -1.23. The molecule has 0 atom stereocenters. The second kappa shape index (κ2) is 8.64. The maximum absolute atomic E-state index is 13.1. The van der Waals surface area contributed by atoms with Crippen LogP contribution < -0.4 is 9.47 Å². The zero-order valence-corrected chi connectivity index (χ0v) is 15.6. The van der Waals surface area contributed by atoms with Crippen LogP contribution >= 0.6 is 0 Å². The van der Waals surface area contributed by atoms with Crippen molar-refractivity contribution in [1.29, 1.82) is 0 Å². The Morgan fingerprint density at radius 3 is 2.52 bits per heavy atom. The number of carbonyl (C=O) groups excluding carboxylic acids is 1. The summed E-state index contributed by atoms with van der Waals surface area (Å²) in [5.41, 5.74) is 2.19. The number of carbonyl (C=O) groups is 1. The van der Waals surface area contributed by atoms with Crippen LogP contribution in [-0.4, -0.2) is 29.3 Å². The zero-order valence-electron chi connectivity index (χ0n) is 15.6. The van der Waals surface area contributed by atoms with Crippen LogP contribution in [0.25, 0.3) is 11.8 Å². The molecule has 0 unspecified atom stereocenters. The number of hydrogen-bond acceptors (Lipinski definition) is 4. The predicted octanol–water partition coefficient (Wildman–Crippen LogP) is 4.83. The lowest BCUT2D eigenvalue weighted by atomic mass is 10.1. The molecule has 150 valence electrons. The number of halogens is 3. The zero-order chi connectivity index (χ0) is 21.0. The Morgan fingerprint density at radius 1 is 1.14 bits per heavy atom. The van der Waals surface area contributed by atoms with Crippen LogP contribution in [0.4, 0.5) is 13.2 Å². The lowest BCUT2D eigenvalue weighted by Gasteiger charge is -2.10. The standard InChI is InChI=1S/C21H17F3N2O3/c1-13-17(12-25-26(13)16-7-5-15(22)6-8-16)18(27)9-3-14-4-10-19(29-21(23)24)20(11-14)28-2/h3-12,21H,1-2H3/b9-3+. The number of rotatable bonds is 7. The molecule has 1 aromatic heterocycles. The highest BCUT2D eigenvalue weighted by atomic mass is 19.3. The van der Waals surface area contributed by atoms with Gasteiger partial charge >= 0.3 is 6.61 Å².